The third-order valence-electron chi connectivity index (χ3n) is 5.75. The number of alkyl carbamates (subject to hydrolysis) is 1. The summed E-state index contributed by atoms with van der Waals surface area (Å²) in [6.07, 6.45) is -0.0483. The maximum Gasteiger partial charge on any atom is 0.410 e. The van der Waals surface area contributed by atoms with Gasteiger partial charge in [0.25, 0.3) is 11.7 Å². The molecule has 2 aromatic rings. The minimum atomic E-state index is -2.31. The van der Waals surface area contributed by atoms with E-state index in [0.29, 0.717) is 30.6 Å². The fourth-order valence-electron chi connectivity index (χ4n) is 4.11. The van der Waals surface area contributed by atoms with Crippen molar-refractivity contribution in [1.82, 2.24) is 5.32 Å². The summed E-state index contributed by atoms with van der Waals surface area (Å²) in [5, 5.41) is 13.2. The Morgan fingerprint density at radius 2 is 2.03 bits per heavy atom. The molecule has 3 amide bonds. The van der Waals surface area contributed by atoms with Crippen LogP contribution in [-0.4, -0.2) is 41.9 Å². The maximum atomic E-state index is 13.4. The molecule has 4 rings (SSSR count). The fourth-order valence-corrected chi connectivity index (χ4v) is 4.35. The highest BCUT2D eigenvalue weighted by Gasteiger charge is 2.49. The number of carbonyl (C=O) groups excluding carboxylic acids is 3. The molecule has 2 aromatic carbocycles. The molecule has 0 saturated carbocycles. The smallest absolute Gasteiger partial charge is 0.407 e. The molecule has 0 aliphatic carbocycles. The van der Waals surface area contributed by atoms with Crippen molar-refractivity contribution in [3.8, 4) is 0 Å². The van der Waals surface area contributed by atoms with Crippen molar-refractivity contribution in [2.75, 3.05) is 22.9 Å². The molecule has 8 nitrogen and oxygen atoms in total. The minimum absolute atomic E-state index is 0.0352. The Labute approximate surface area is 194 Å². The number of hydrogen-bond donors (Lipinski definition) is 2. The number of halogens is 2. The zero-order chi connectivity index (χ0) is 23.8. The molecule has 2 heterocycles. The van der Waals surface area contributed by atoms with Crippen LogP contribution in [0.2, 0.25) is 5.02 Å². The predicted octanol–water partition coefficient (Wildman–Crippen LogP) is 3.13. The van der Waals surface area contributed by atoms with E-state index in [0.717, 1.165) is 17.3 Å². The molecule has 2 aliphatic rings. The van der Waals surface area contributed by atoms with Gasteiger partial charge in [-0.25, -0.2) is 9.18 Å². The summed E-state index contributed by atoms with van der Waals surface area (Å²) >= 11 is 5.79. The van der Waals surface area contributed by atoms with Crippen LogP contribution in [-0.2, 0) is 27.3 Å². The van der Waals surface area contributed by atoms with Crippen molar-refractivity contribution in [2.24, 2.45) is 0 Å². The highest BCUT2D eigenvalue weighted by molar-refractivity contribution is 6.30. The van der Waals surface area contributed by atoms with Gasteiger partial charge in [0.1, 0.15) is 5.82 Å². The lowest BCUT2D eigenvalue weighted by atomic mass is 10.1. The second-order valence-electron chi connectivity index (χ2n) is 7.97. The molecule has 2 N–H and O–H groups in total. The molecule has 33 heavy (non-hydrogen) atoms. The largest absolute Gasteiger partial charge is 0.410 e. The van der Waals surface area contributed by atoms with Crippen LogP contribution >= 0.6 is 11.6 Å². The highest BCUT2D eigenvalue weighted by Crippen LogP contribution is 2.35. The van der Waals surface area contributed by atoms with E-state index in [1.165, 1.54) is 17.0 Å². The van der Waals surface area contributed by atoms with E-state index in [4.69, 9.17) is 16.3 Å². The van der Waals surface area contributed by atoms with Gasteiger partial charge in [0.15, 0.2) is 0 Å². The molecule has 174 valence electrons. The lowest BCUT2D eigenvalue weighted by Crippen LogP contribution is -2.46. The molecule has 0 unspecified atom stereocenters. The first kappa shape index (κ1) is 23.0. The number of hydrogen-bond acceptors (Lipinski definition) is 5. The predicted molar refractivity (Wildman–Crippen MR) is 119 cm³/mol. The summed E-state index contributed by atoms with van der Waals surface area (Å²) in [6, 6.07) is 9.12. The van der Waals surface area contributed by atoms with E-state index < -0.39 is 23.6 Å². The van der Waals surface area contributed by atoms with Gasteiger partial charge in [-0.05, 0) is 53.9 Å². The zero-order valence-electron chi connectivity index (χ0n) is 17.9. The molecule has 0 bridgehead atoms. The highest BCUT2D eigenvalue weighted by atomic mass is 35.5. The Bertz CT molecular complexity index is 1110. The summed E-state index contributed by atoms with van der Waals surface area (Å²) in [4.78, 5) is 40.2. The van der Waals surface area contributed by atoms with E-state index in [-0.39, 0.29) is 30.4 Å². The van der Waals surface area contributed by atoms with Crippen molar-refractivity contribution in [3.63, 3.8) is 0 Å². The topological polar surface area (TPSA) is 99.2 Å². The molecule has 1 atom stereocenters. The first-order valence-corrected chi connectivity index (χ1v) is 11.0. The van der Waals surface area contributed by atoms with E-state index >= 15 is 0 Å². The number of rotatable bonds is 5. The normalized spacial score (nSPS) is 19.6. The number of aliphatic hydroxyl groups is 1. The van der Waals surface area contributed by atoms with Gasteiger partial charge in [-0.2, -0.15) is 0 Å². The molecule has 1 fully saturated rings. The molecule has 0 spiro atoms. The molecule has 2 aliphatic heterocycles. The Hall–Kier alpha value is -3.17. The number of fused-ring (bicyclic) bond motifs is 1. The molecular weight excluding hydrogens is 453 g/mol. The Morgan fingerprint density at radius 1 is 1.24 bits per heavy atom. The third-order valence-corrected chi connectivity index (χ3v) is 5.97. The van der Waals surface area contributed by atoms with Gasteiger partial charge in [-0.3, -0.25) is 9.59 Å². The maximum absolute atomic E-state index is 13.4. The Balaban J connectivity index is 1.41. The van der Waals surface area contributed by atoms with Crippen LogP contribution in [0.4, 0.5) is 20.6 Å². The van der Waals surface area contributed by atoms with Gasteiger partial charge in [0, 0.05) is 48.9 Å². The van der Waals surface area contributed by atoms with Crippen molar-refractivity contribution >= 4 is 40.9 Å². The standard InChI is InChI=1S/C23H23ClFN3O5/c1-2-20(29)28-7-5-15-11-18(3-4-19(15)28)27-8-6-23(32,21(27)30)33-22(31)26-13-14-9-16(24)12-17(25)10-14/h3-4,9-12,32H,2,5-8,13H2,1H3,(H,26,31)/t23-/m1/s1. The van der Waals surface area contributed by atoms with E-state index in [9.17, 15) is 23.9 Å². The number of amides is 3. The molecule has 0 radical (unpaired) electrons. The van der Waals surface area contributed by atoms with Gasteiger partial charge in [-0.15, -0.1) is 0 Å². The number of nitrogens with zero attached hydrogens (tertiary/aromatic N) is 2. The first-order valence-electron chi connectivity index (χ1n) is 10.6. The molecule has 1 saturated heterocycles. The molecular formula is C23H23ClFN3O5. The lowest BCUT2D eigenvalue weighted by Gasteiger charge is -2.23. The average Bonchev–Trinajstić information content (AvgIpc) is 3.32. The van der Waals surface area contributed by atoms with Crippen LogP contribution in [0, 0.1) is 5.82 Å². The zero-order valence-corrected chi connectivity index (χ0v) is 18.7. The summed E-state index contributed by atoms with van der Waals surface area (Å²) in [5.41, 5.74) is 2.71. The van der Waals surface area contributed by atoms with Crippen molar-refractivity contribution in [2.45, 2.75) is 38.5 Å². The molecule has 0 aromatic heterocycles. The third kappa shape index (κ3) is 4.65. The van der Waals surface area contributed by atoms with Crippen molar-refractivity contribution in [3.05, 3.63) is 58.4 Å². The van der Waals surface area contributed by atoms with Gasteiger partial charge < -0.3 is 25.0 Å². The van der Waals surface area contributed by atoms with E-state index in [1.807, 2.05) is 13.0 Å². The number of ether oxygens (including phenoxy) is 1. The summed E-state index contributed by atoms with van der Waals surface area (Å²) < 4.78 is 18.5. The fraction of sp³-hybridized carbons (Fsp3) is 0.348. The number of nitrogens with one attached hydrogen (secondary N) is 1. The van der Waals surface area contributed by atoms with E-state index in [2.05, 4.69) is 5.32 Å². The second-order valence-corrected chi connectivity index (χ2v) is 8.41. The monoisotopic (exact) mass is 475 g/mol. The summed E-state index contributed by atoms with van der Waals surface area (Å²) in [6.45, 7) is 2.45. The Kier molecular flexibility index (Phi) is 6.27. The quantitative estimate of drug-likeness (QED) is 0.647. The Morgan fingerprint density at radius 3 is 2.76 bits per heavy atom. The first-order chi connectivity index (χ1) is 15.7. The number of benzene rings is 2. The van der Waals surface area contributed by atoms with Crippen LogP contribution in [0.5, 0.6) is 0 Å². The van der Waals surface area contributed by atoms with Gasteiger partial charge in [-0.1, -0.05) is 18.5 Å². The average molecular weight is 476 g/mol. The van der Waals surface area contributed by atoms with Crippen LogP contribution in [0.15, 0.2) is 36.4 Å². The second kappa shape index (κ2) is 8.99. The van der Waals surface area contributed by atoms with Crippen molar-refractivity contribution < 1.29 is 28.6 Å². The number of anilines is 2. The van der Waals surface area contributed by atoms with Gasteiger partial charge >= 0.3 is 6.09 Å². The van der Waals surface area contributed by atoms with Crippen molar-refractivity contribution in [1.29, 1.82) is 0 Å². The molecule has 10 heteroatoms. The van der Waals surface area contributed by atoms with Crippen LogP contribution in [0.25, 0.3) is 0 Å². The number of carbonyl (C=O) groups is 3. The minimum Gasteiger partial charge on any atom is -0.407 e. The van der Waals surface area contributed by atoms with E-state index in [1.54, 1.807) is 17.0 Å². The SMILES string of the molecule is CCC(=O)N1CCc2cc(N3CC[C@@](O)(OC(=O)NCc4cc(F)cc(Cl)c4)C3=O)ccc21. The van der Waals surface area contributed by atoms with Gasteiger partial charge in [0.2, 0.25) is 5.91 Å². The lowest BCUT2D eigenvalue weighted by molar-refractivity contribution is -0.175. The summed E-state index contributed by atoms with van der Waals surface area (Å²) in [5.74, 6) is -3.59. The summed E-state index contributed by atoms with van der Waals surface area (Å²) in [7, 11) is 0. The van der Waals surface area contributed by atoms with Crippen LogP contribution < -0.4 is 15.1 Å². The van der Waals surface area contributed by atoms with Crippen LogP contribution in [0.1, 0.15) is 30.9 Å². The van der Waals surface area contributed by atoms with Gasteiger partial charge in [0.05, 0.1) is 0 Å². The van der Waals surface area contributed by atoms with Crippen LogP contribution in [0.3, 0.4) is 0 Å².